The molecule has 3 atom stereocenters. The van der Waals surface area contributed by atoms with Crippen LogP contribution in [-0.4, -0.2) is 38.2 Å². The van der Waals surface area contributed by atoms with Gasteiger partial charge < -0.3 is 10.4 Å². The van der Waals surface area contributed by atoms with Crippen LogP contribution in [0.4, 0.5) is 0 Å². The molecule has 5 heteroatoms. The summed E-state index contributed by atoms with van der Waals surface area (Å²) in [6, 6.07) is -0.319. The van der Waals surface area contributed by atoms with E-state index < -0.39 is 5.97 Å². The molecule has 16 heavy (non-hydrogen) atoms. The molecule has 0 bridgehead atoms. The molecule has 2 unspecified atom stereocenters. The highest BCUT2D eigenvalue weighted by Crippen LogP contribution is 2.59. The summed E-state index contributed by atoms with van der Waals surface area (Å²) in [5.41, 5.74) is 0. The third-order valence-electron chi connectivity index (χ3n) is 3.81. The van der Waals surface area contributed by atoms with Crippen molar-refractivity contribution < 1.29 is 9.90 Å². The van der Waals surface area contributed by atoms with Crippen molar-refractivity contribution in [1.82, 2.24) is 5.32 Å². The number of thioether (sulfide) groups is 2. The Morgan fingerprint density at radius 2 is 1.88 bits per heavy atom. The zero-order valence-electron chi connectivity index (χ0n) is 9.15. The second kappa shape index (κ2) is 4.10. The van der Waals surface area contributed by atoms with E-state index in [0.29, 0.717) is 0 Å². The standard InChI is InChI=1S/C11H17NO2S2/c13-10(14)7-5-11(6-12-7)15-8-3-1-2-4-9(8)16-11/h7-9,12H,1-6H2,(H,13,14)/t7-,8?,9?,11?/m0/s1. The van der Waals surface area contributed by atoms with Gasteiger partial charge in [0.2, 0.25) is 0 Å². The van der Waals surface area contributed by atoms with Crippen LogP contribution in [0.5, 0.6) is 0 Å². The Hall–Kier alpha value is 0.130. The second-order valence-corrected chi connectivity index (χ2v) is 8.49. The molecule has 3 fully saturated rings. The van der Waals surface area contributed by atoms with Crippen molar-refractivity contribution in [3.63, 3.8) is 0 Å². The summed E-state index contributed by atoms with van der Waals surface area (Å²) in [5.74, 6) is -0.687. The second-order valence-electron chi connectivity index (χ2n) is 4.98. The minimum absolute atomic E-state index is 0.169. The van der Waals surface area contributed by atoms with Crippen LogP contribution in [0, 0.1) is 0 Å². The van der Waals surface area contributed by atoms with Crippen molar-refractivity contribution in [3.8, 4) is 0 Å². The molecule has 0 aromatic carbocycles. The van der Waals surface area contributed by atoms with Crippen LogP contribution in [0.15, 0.2) is 0 Å². The van der Waals surface area contributed by atoms with Gasteiger partial charge in [-0.05, 0) is 19.3 Å². The lowest BCUT2D eigenvalue weighted by Gasteiger charge is -2.22. The number of nitrogens with one attached hydrogen (secondary N) is 1. The molecule has 1 aliphatic carbocycles. The van der Waals surface area contributed by atoms with Crippen LogP contribution in [0.3, 0.4) is 0 Å². The number of carboxylic acid groups (broad SMARTS) is 1. The van der Waals surface area contributed by atoms with Crippen molar-refractivity contribution in [2.45, 2.75) is 52.7 Å². The van der Waals surface area contributed by atoms with E-state index >= 15 is 0 Å². The molecule has 90 valence electrons. The average molecular weight is 259 g/mol. The van der Waals surface area contributed by atoms with Gasteiger partial charge in [0.25, 0.3) is 0 Å². The van der Waals surface area contributed by atoms with Gasteiger partial charge in [-0.1, -0.05) is 12.8 Å². The van der Waals surface area contributed by atoms with E-state index in [1.165, 1.54) is 25.7 Å². The Kier molecular flexibility index (Phi) is 2.88. The highest BCUT2D eigenvalue weighted by atomic mass is 32.2. The van der Waals surface area contributed by atoms with Crippen LogP contribution in [0.25, 0.3) is 0 Å². The molecule has 2 heterocycles. The van der Waals surface area contributed by atoms with Gasteiger partial charge in [0.1, 0.15) is 6.04 Å². The fourth-order valence-electron chi connectivity index (χ4n) is 3.00. The van der Waals surface area contributed by atoms with Crippen LogP contribution in [0.1, 0.15) is 32.1 Å². The molecule has 2 aliphatic heterocycles. The van der Waals surface area contributed by atoms with E-state index in [4.69, 9.17) is 5.11 Å². The van der Waals surface area contributed by atoms with E-state index in [9.17, 15) is 4.79 Å². The van der Waals surface area contributed by atoms with E-state index in [-0.39, 0.29) is 10.1 Å². The molecule has 0 radical (unpaired) electrons. The van der Waals surface area contributed by atoms with Gasteiger partial charge in [-0.2, -0.15) is 0 Å². The maximum absolute atomic E-state index is 11.0. The molecule has 3 nitrogen and oxygen atoms in total. The molecule has 3 aliphatic rings. The van der Waals surface area contributed by atoms with E-state index in [1.54, 1.807) is 0 Å². The number of carboxylic acids is 1. The molecular weight excluding hydrogens is 242 g/mol. The molecule has 3 rings (SSSR count). The Labute approximate surface area is 104 Å². The number of hydrogen-bond donors (Lipinski definition) is 2. The summed E-state index contributed by atoms with van der Waals surface area (Å²) in [6.45, 7) is 0.867. The minimum atomic E-state index is -0.687. The quantitative estimate of drug-likeness (QED) is 0.753. The molecule has 1 saturated carbocycles. The molecule has 2 saturated heterocycles. The van der Waals surface area contributed by atoms with Gasteiger partial charge in [0.05, 0.1) is 4.08 Å². The van der Waals surface area contributed by atoms with Crippen molar-refractivity contribution >= 4 is 29.5 Å². The lowest BCUT2D eigenvalue weighted by Crippen LogP contribution is -2.30. The van der Waals surface area contributed by atoms with E-state index in [0.717, 1.165) is 23.5 Å². The van der Waals surface area contributed by atoms with Gasteiger partial charge >= 0.3 is 5.97 Å². The fourth-order valence-corrected chi connectivity index (χ4v) is 7.40. The number of carbonyl (C=O) groups is 1. The highest BCUT2D eigenvalue weighted by molar-refractivity contribution is 8.22. The lowest BCUT2D eigenvalue weighted by molar-refractivity contribution is -0.139. The van der Waals surface area contributed by atoms with Crippen molar-refractivity contribution in [1.29, 1.82) is 0 Å². The first-order valence-electron chi connectivity index (χ1n) is 6.00. The van der Waals surface area contributed by atoms with Gasteiger partial charge in [-0.25, -0.2) is 0 Å². The molecule has 0 aromatic heterocycles. The number of aliphatic carboxylic acids is 1. The van der Waals surface area contributed by atoms with Crippen LogP contribution >= 0.6 is 23.5 Å². The molecule has 2 N–H and O–H groups in total. The molecule has 0 aromatic rings. The predicted octanol–water partition coefficient (Wildman–Crippen LogP) is 1.92. The van der Waals surface area contributed by atoms with Crippen molar-refractivity contribution in [2.75, 3.05) is 6.54 Å². The molecular formula is C11H17NO2S2. The Morgan fingerprint density at radius 3 is 2.38 bits per heavy atom. The van der Waals surface area contributed by atoms with E-state index in [2.05, 4.69) is 28.8 Å². The van der Waals surface area contributed by atoms with Crippen molar-refractivity contribution in [3.05, 3.63) is 0 Å². The highest BCUT2D eigenvalue weighted by Gasteiger charge is 2.52. The zero-order chi connectivity index (χ0) is 11.2. The Morgan fingerprint density at radius 1 is 1.25 bits per heavy atom. The van der Waals surface area contributed by atoms with Crippen molar-refractivity contribution in [2.24, 2.45) is 0 Å². The predicted molar refractivity (Wildman–Crippen MR) is 68.0 cm³/mol. The largest absolute Gasteiger partial charge is 0.480 e. The first-order chi connectivity index (χ1) is 7.69. The minimum Gasteiger partial charge on any atom is -0.480 e. The Balaban J connectivity index is 1.70. The fraction of sp³-hybridized carbons (Fsp3) is 0.909. The SMILES string of the molecule is O=C(O)[C@@H]1CC2(CN1)SC1CCCCC1S2. The summed E-state index contributed by atoms with van der Waals surface area (Å²) >= 11 is 4.13. The van der Waals surface area contributed by atoms with E-state index in [1.807, 2.05) is 0 Å². The first kappa shape index (κ1) is 11.2. The lowest BCUT2D eigenvalue weighted by atomic mass is 10.00. The Bertz CT molecular complexity index is 296. The summed E-state index contributed by atoms with van der Waals surface area (Å²) in [6.07, 6.45) is 6.19. The normalized spacial score (nSPS) is 47.1. The summed E-state index contributed by atoms with van der Waals surface area (Å²) < 4.78 is 0.169. The monoisotopic (exact) mass is 259 g/mol. The number of hydrogen-bond acceptors (Lipinski definition) is 4. The third kappa shape index (κ3) is 1.87. The topological polar surface area (TPSA) is 49.3 Å². The summed E-state index contributed by atoms with van der Waals surface area (Å²) in [5, 5.41) is 13.8. The molecule has 0 amide bonds. The van der Waals surface area contributed by atoms with Crippen LogP contribution in [-0.2, 0) is 4.79 Å². The summed E-state index contributed by atoms with van der Waals surface area (Å²) in [7, 11) is 0. The smallest absolute Gasteiger partial charge is 0.320 e. The number of rotatable bonds is 1. The molecule has 1 spiro atoms. The average Bonchev–Trinajstić information content (AvgIpc) is 2.82. The van der Waals surface area contributed by atoms with Gasteiger partial charge in [-0.15, -0.1) is 23.5 Å². The van der Waals surface area contributed by atoms with Gasteiger partial charge in [0, 0.05) is 17.0 Å². The third-order valence-corrected chi connectivity index (χ3v) is 7.77. The zero-order valence-corrected chi connectivity index (χ0v) is 10.8. The maximum Gasteiger partial charge on any atom is 0.320 e. The first-order valence-corrected chi connectivity index (χ1v) is 7.76. The van der Waals surface area contributed by atoms with Crippen LogP contribution < -0.4 is 5.32 Å². The van der Waals surface area contributed by atoms with Gasteiger partial charge in [0.15, 0.2) is 0 Å². The van der Waals surface area contributed by atoms with Gasteiger partial charge in [-0.3, -0.25) is 4.79 Å². The maximum atomic E-state index is 11.0. The number of fused-ring (bicyclic) bond motifs is 1. The van der Waals surface area contributed by atoms with Crippen LogP contribution in [0.2, 0.25) is 0 Å². The summed E-state index contributed by atoms with van der Waals surface area (Å²) in [4.78, 5) is 11.0.